The van der Waals surface area contributed by atoms with Crippen LogP contribution in [0.5, 0.6) is 0 Å². The minimum atomic E-state index is 0.361. The molecule has 4 heteroatoms. The summed E-state index contributed by atoms with van der Waals surface area (Å²) < 4.78 is 2.18. The molecule has 0 aliphatic carbocycles. The first-order valence-electron chi connectivity index (χ1n) is 5.27. The van der Waals surface area contributed by atoms with Gasteiger partial charge in [-0.05, 0) is 13.3 Å². The van der Waals surface area contributed by atoms with Gasteiger partial charge in [0, 0.05) is 38.1 Å². The zero-order valence-corrected chi connectivity index (χ0v) is 8.69. The number of imidazole rings is 1. The number of nitrogens with zero attached hydrogens (tertiary/aromatic N) is 3. The molecule has 4 nitrogen and oxygen atoms in total. The second kappa shape index (κ2) is 4.11. The van der Waals surface area contributed by atoms with E-state index in [1.807, 2.05) is 12.4 Å². The summed E-state index contributed by atoms with van der Waals surface area (Å²) in [5.74, 6) is 1.15. The van der Waals surface area contributed by atoms with Crippen LogP contribution in [-0.4, -0.2) is 33.6 Å². The second-order valence-corrected chi connectivity index (χ2v) is 3.91. The predicted molar refractivity (Wildman–Crippen MR) is 55.8 cm³/mol. The molecule has 2 heterocycles. The first-order valence-corrected chi connectivity index (χ1v) is 5.27. The summed E-state index contributed by atoms with van der Waals surface area (Å²) in [6.45, 7) is 6.19. The van der Waals surface area contributed by atoms with Crippen molar-refractivity contribution in [2.75, 3.05) is 13.1 Å². The van der Waals surface area contributed by atoms with Crippen molar-refractivity contribution in [2.24, 2.45) is 5.73 Å². The fraction of sp³-hybridized carbons (Fsp3) is 0.700. The minimum Gasteiger partial charge on any atom is -0.334 e. The van der Waals surface area contributed by atoms with E-state index < -0.39 is 0 Å². The molecule has 0 unspecified atom stereocenters. The van der Waals surface area contributed by atoms with E-state index in [9.17, 15) is 0 Å². The molecule has 0 radical (unpaired) electrons. The molecule has 14 heavy (non-hydrogen) atoms. The van der Waals surface area contributed by atoms with Gasteiger partial charge in [-0.15, -0.1) is 0 Å². The highest BCUT2D eigenvalue weighted by Gasteiger charge is 2.20. The predicted octanol–water partition coefficient (Wildman–Crippen LogP) is 0.436. The Morgan fingerprint density at radius 2 is 2.50 bits per heavy atom. The van der Waals surface area contributed by atoms with E-state index in [0.29, 0.717) is 6.04 Å². The summed E-state index contributed by atoms with van der Waals surface area (Å²) in [6.07, 6.45) is 5.02. The zero-order chi connectivity index (χ0) is 9.97. The van der Waals surface area contributed by atoms with Crippen LogP contribution in [0.4, 0.5) is 0 Å². The average Bonchev–Trinajstić information content (AvgIpc) is 2.76. The molecule has 2 N–H and O–H groups in total. The number of aromatic nitrogens is 2. The van der Waals surface area contributed by atoms with Crippen LogP contribution in [0.1, 0.15) is 19.2 Å². The molecule has 0 saturated carbocycles. The molecule has 0 aromatic carbocycles. The van der Waals surface area contributed by atoms with E-state index in [4.69, 9.17) is 5.73 Å². The van der Waals surface area contributed by atoms with Crippen LogP contribution in [0, 0.1) is 0 Å². The van der Waals surface area contributed by atoms with Gasteiger partial charge in [0.05, 0.1) is 6.54 Å². The van der Waals surface area contributed by atoms with Gasteiger partial charge in [-0.2, -0.15) is 0 Å². The summed E-state index contributed by atoms with van der Waals surface area (Å²) in [5.41, 5.74) is 5.86. The van der Waals surface area contributed by atoms with Gasteiger partial charge in [-0.3, -0.25) is 4.90 Å². The topological polar surface area (TPSA) is 47.1 Å². The minimum absolute atomic E-state index is 0.361. The molecule has 1 aromatic heterocycles. The highest BCUT2D eigenvalue weighted by molar-refractivity contribution is 4.93. The summed E-state index contributed by atoms with van der Waals surface area (Å²) in [7, 11) is 0. The summed E-state index contributed by atoms with van der Waals surface area (Å²) >= 11 is 0. The van der Waals surface area contributed by atoms with E-state index in [-0.39, 0.29) is 0 Å². The number of rotatable bonds is 3. The fourth-order valence-corrected chi connectivity index (χ4v) is 1.99. The fourth-order valence-electron chi connectivity index (χ4n) is 1.99. The molecule has 0 spiro atoms. The van der Waals surface area contributed by atoms with Crippen LogP contribution in [0.2, 0.25) is 0 Å². The summed E-state index contributed by atoms with van der Waals surface area (Å²) in [4.78, 5) is 6.73. The van der Waals surface area contributed by atoms with Gasteiger partial charge in [-0.1, -0.05) is 0 Å². The molecule has 78 valence electrons. The average molecular weight is 194 g/mol. The molecule has 1 saturated heterocycles. The Bertz CT molecular complexity index is 294. The molecule has 1 aliphatic rings. The van der Waals surface area contributed by atoms with Crippen LogP contribution in [0.25, 0.3) is 0 Å². The molecule has 1 fully saturated rings. The molecule has 0 amide bonds. The van der Waals surface area contributed by atoms with Crippen molar-refractivity contribution in [1.82, 2.24) is 14.5 Å². The number of hydrogen-bond acceptors (Lipinski definition) is 3. The molecule has 0 bridgehead atoms. The maximum absolute atomic E-state index is 5.86. The summed E-state index contributed by atoms with van der Waals surface area (Å²) in [5, 5.41) is 0. The Morgan fingerprint density at radius 3 is 3.14 bits per heavy atom. The van der Waals surface area contributed by atoms with Gasteiger partial charge in [0.25, 0.3) is 0 Å². The highest BCUT2D eigenvalue weighted by atomic mass is 15.2. The third kappa shape index (κ3) is 1.96. The van der Waals surface area contributed by atoms with Crippen LogP contribution < -0.4 is 5.73 Å². The lowest BCUT2D eigenvalue weighted by molar-refractivity contribution is 0.313. The van der Waals surface area contributed by atoms with Crippen LogP contribution in [-0.2, 0) is 13.1 Å². The molecule has 1 atom stereocenters. The molecular formula is C10H18N4. The van der Waals surface area contributed by atoms with Crippen molar-refractivity contribution in [3.8, 4) is 0 Å². The third-order valence-corrected chi connectivity index (χ3v) is 2.82. The van der Waals surface area contributed by atoms with Crippen molar-refractivity contribution in [3.63, 3.8) is 0 Å². The van der Waals surface area contributed by atoms with Gasteiger partial charge in [-0.25, -0.2) is 4.98 Å². The Balaban J connectivity index is 1.97. The first kappa shape index (κ1) is 9.68. The maximum atomic E-state index is 5.86. The Labute approximate surface area is 84.7 Å². The van der Waals surface area contributed by atoms with Gasteiger partial charge < -0.3 is 10.3 Å². The van der Waals surface area contributed by atoms with Crippen LogP contribution in [0.15, 0.2) is 12.4 Å². The largest absolute Gasteiger partial charge is 0.334 e. The molecule has 2 rings (SSSR count). The van der Waals surface area contributed by atoms with E-state index in [1.165, 1.54) is 0 Å². The molecular weight excluding hydrogens is 176 g/mol. The molecule has 1 aliphatic heterocycles. The number of likely N-dealkylation sites (tertiary alicyclic amines) is 1. The van der Waals surface area contributed by atoms with Gasteiger partial charge in [0.1, 0.15) is 5.82 Å². The lowest BCUT2D eigenvalue weighted by Gasteiger charge is -2.15. The lowest BCUT2D eigenvalue weighted by atomic mass is 10.3. The Morgan fingerprint density at radius 1 is 1.64 bits per heavy atom. The van der Waals surface area contributed by atoms with Gasteiger partial charge in [0.15, 0.2) is 0 Å². The molecule has 1 aromatic rings. The van der Waals surface area contributed by atoms with E-state index in [1.54, 1.807) is 0 Å². The monoisotopic (exact) mass is 194 g/mol. The highest BCUT2D eigenvalue weighted by Crippen LogP contribution is 2.10. The van der Waals surface area contributed by atoms with Gasteiger partial charge in [0.2, 0.25) is 0 Å². The smallest absolute Gasteiger partial charge is 0.122 e. The van der Waals surface area contributed by atoms with Crippen LogP contribution in [0.3, 0.4) is 0 Å². The van der Waals surface area contributed by atoms with E-state index in [2.05, 4.69) is 21.4 Å². The van der Waals surface area contributed by atoms with Crippen molar-refractivity contribution >= 4 is 0 Å². The lowest BCUT2D eigenvalue weighted by Crippen LogP contribution is -2.27. The standard InChI is InChI=1S/C10H18N4/c1-2-14-6-4-12-10(14)8-13-5-3-9(11)7-13/h4,6,9H,2-3,5,7-8,11H2,1H3/t9-/m1/s1. The van der Waals surface area contributed by atoms with Crippen molar-refractivity contribution < 1.29 is 0 Å². The second-order valence-electron chi connectivity index (χ2n) is 3.91. The normalized spacial score (nSPS) is 23.1. The van der Waals surface area contributed by atoms with Crippen LogP contribution >= 0.6 is 0 Å². The quantitative estimate of drug-likeness (QED) is 0.759. The first-order chi connectivity index (χ1) is 6.79. The van der Waals surface area contributed by atoms with Crippen molar-refractivity contribution in [1.29, 1.82) is 0 Å². The third-order valence-electron chi connectivity index (χ3n) is 2.82. The zero-order valence-electron chi connectivity index (χ0n) is 8.69. The van der Waals surface area contributed by atoms with Gasteiger partial charge >= 0.3 is 0 Å². The number of hydrogen-bond donors (Lipinski definition) is 1. The Hall–Kier alpha value is -0.870. The Kier molecular flexibility index (Phi) is 2.84. The summed E-state index contributed by atoms with van der Waals surface area (Å²) in [6, 6.07) is 0.361. The number of aryl methyl sites for hydroxylation is 1. The van der Waals surface area contributed by atoms with E-state index >= 15 is 0 Å². The SMILES string of the molecule is CCn1ccnc1CN1CC[C@@H](N)C1. The number of nitrogens with two attached hydrogens (primary N) is 1. The maximum Gasteiger partial charge on any atom is 0.122 e. The van der Waals surface area contributed by atoms with E-state index in [0.717, 1.165) is 38.4 Å². The van der Waals surface area contributed by atoms with Crippen molar-refractivity contribution in [2.45, 2.75) is 32.5 Å². The van der Waals surface area contributed by atoms with Crippen molar-refractivity contribution in [3.05, 3.63) is 18.2 Å².